The van der Waals surface area contributed by atoms with E-state index in [-0.39, 0.29) is 11.7 Å². The topological polar surface area (TPSA) is 96.5 Å². The summed E-state index contributed by atoms with van der Waals surface area (Å²) in [4.78, 5) is 24.4. The third kappa shape index (κ3) is 3.34. The highest BCUT2D eigenvalue weighted by Crippen LogP contribution is 2.27. The fraction of sp³-hybridized carbons (Fsp3) is 0.0556. The number of fused-ring (bicyclic) bond motifs is 4. The van der Waals surface area contributed by atoms with Gasteiger partial charge in [0.2, 0.25) is 11.1 Å². The molecule has 3 aromatic heterocycles. The van der Waals surface area contributed by atoms with Crippen LogP contribution >= 0.6 is 39.0 Å². The first-order chi connectivity index (χ1) is 13.7. The maximum absolute atomic E-state index is 12.3. The van der Waals surface area contributed by atoms with Crippen LogP contribution in [0.3, 0.4) is 0 Å². The number of halogens is 1. The minimum Gasteiger partial charge on any atom is -0.338 e. The lowest BCUT2D eigenvalue weighted by atomic mass is 10.2. The molecule has 0 spiro atoms. The Morgan fingerprint density at radius 1 is 1.18 bits per heavy atom. The van der Waals surface area contributed by atoms with Crippen molar-refractivity contribution >= 4 is 82.4 Å². The fourth-order valence-corrected chi connectivity index (χ4v) is 4.63. The molecule has 1 amide bonds. The number of benzene rings is 2. The summed E-state index contributed by atoms with van der Waals surface area (Å²) >= 11 is 6.14. The Labute approximate surface area is 175 Å². The van der Waals surface area contributed by atoms with Crippen molar-refractivity contribution in [3.05, 3.63) is 46.9 Å². The number of aromatic nitrogens is 5. The average Bonchev–Trinajstić information content (AvgIpc) is 3.26. The van der Waals surface area contributed by atoms with Gasteiger partial charge in [-0.2, -0.15) is 0 Å². The van der Waals surface area contributed by atoms with Crippen molar-refractivity contribution in [2.45, 2.75) is 5.16 Å². The van der Waals surface area contributed by atoms with E-state index in [0.29, 0.717) is 21.5 Å². The zero-order valence-electron chi connectivity index (χ0n) is 14.1. The van der Waals surface area contributed by atoms with Gasteiger partial charge in [-0.05, 0) is 30.3 Å². The second-order valence-corrected chi connectivity index (χ2v) is 8.82. The summed E-state index contributed by atoms with van der Waals surface area (Å²) in [5.74, 6) is 0.0165. The molecule has 10 heteroatoms. The van der Waals surface area contributed by atoms with Gasteiger partial charge in [0, 0.05) is 15.4 Å². The molecule has 0 bridgehead atoms. The number of thioether (sulfide) groups is 1. The van der Waals surface area contributed by atoms with Gasteiger partial charge in [0.05, 0.1) is 16.0 Å². The molecule has 3 heterocycles. The van der Waals surface area contributed by atoms with Gasteiger partial charge >= 0.3 is 0 Å². The van der Waals surface area contributed by atoms with E-state index in [0.717, 1.165) is 25.6 Å². The molecule has 2 N–H and O–H groups in total. The number of hydrogen-bond acceptors (Lipinski definition) is 7. The van der Waals surface area contributed by atoms with Crippen LogP contribution in [-0.4, -0.2) is 36.8 Å². The molecular formula is C18H11BrN6OS2. The minimum absolute atomic E-state index is 0.159. The lowest BCUT2D eigenvalue weighted by molar-refractivity contribution is -0.113. The van der Waals surface area contributed by atoms with Crippen molar-refractivity contribution in [2.24, 2.45) is 0 Å². The molecule has 0 unspecified atom stereocenters. The van der Waals surface area contributed by atoms with Crippen LogP contribution < -0.4 is 5.32 Å². The minimum atomic E-state index is -0.159. The van der Waals surface area contributed by atoms with E-state index in [4.69, 9.17) is 0 Å². The van der Waals surface area contributed by atoms with E-state index in [1.807, 2.05) is 42.5 Å². The highest BCUT2D eigenvalue weighted by molar-refractivity contribution is 9.10. The first-order valence-corrected chi connectivity index (χ1v) is 10.8. The van der Waals surface area contributed by atoms with Gasteiger partial charge in [0.1, 0.15) is 5.52 Å². The standard InChI is InChI=1S/C18H11BrN6OS2/c19-9-5-6-11-10(7-9)15-16(20-11)23-18(25-24-15)27-8-14(26)22-17-21-12-3-1-2-4-13(12)28-17/h1-7H,8H2,(H,20,23,25)(H,21,22,26). The van der Waals surface area contributed by atoms with Crippen LogP contribution in [0.5, 0.6) is 0 Å². The summed E-state index contributed by atoms with van der Waals surface area (Å²) in [7, 11) is 0. The van der Waals surface area contributed by atoms with Crippen LogP contribution in [0.1, 0.15) is 0 Å². The Kier molecular flexibility index (Phi) is 4.46. The summed E-state index contributed by atoms with van der Waals surface area (Å²) in [5.41, 5.74) is 3.17. The van der Waals surface area contributed by atoms with Gasteiger partial charge in [-0.25, -0.2) is 9.97 Å². The summed E-state index contributed by atoms with van der Waals surface area (Å²) in [5, 5.41) is 13.2. The van der Waals surface area contributed by atoms with Crippen LogP contribution in [0.4, 0.5) is 5.13 Å². The highest BCUT2D eigenvalue weighted by Gasteiger charge is 2.12. The van der Waals surface area contributed by atoms with Crippen molar-refractivity contribution in [1.29, 1.82) is 0 Å². The Hall–Kier alpha value is -2.56. The normalized spacial score (nSPS) is 11.5. The molecule has 0 atom stereocenters. The molecule has 28 heavy (non-hydrogen) atoms. The molecule has 0 saturated heterocycles. The Morgan fingerprint density at radius 2 is 2.07 bits per heavy atom. The Balaban J connectivity index is 1.30. The molecule has 7 nitrogen and oxygen atoms in total. The van der Waals surface area contributed by atoms with E-state index in [2.05, 4.69) is 46.4 Å². The predicted octanol–water partition coefficient (Wildman–Crippen LogP) is 4.61. The number of para-hydroxylation sites is 1. The second kappa shape index (κ2) is 7.12. The van der Waals surface area contributed by atoms with Crippen molar-refractivity contribution in [1.82, 2.24) is 25.1 Å². The van der Waals surface area contributed by atoms with Crippen LogP contribution in [0.25, 0.3) is 32.3 Å². The maximum Gasteiger partial charge on any atom is 0.236 e. The monoisotopic (exact) mass is 470 g/mol. The molecule has 0 fully saturated rings. The van der Waals surface area contributed by atoms with Crippen LogP contribution in [0.15, 0.2) is 52.1 Å². The molecule has 0 aliphatic rings. The van der Waals surface area contributed by atoms with Gasteiger partial charge in [-0.1, -0.05) is 51.2 Å². The number of amides is 1. The summed E-state index contributed by atoms with van der Waals surface area (Å²) < 4.78 is 2.00. The number of nitrogens with zero attached hydrogens (tertiary/aromatic N) is 4. The van der Waals surface area contributed by atoms with Gasteiger partial charge in [-0.15, -0.1) is 10.2 Å². The SMILES string of the molecule is O=C(CSc1nnc2c(n1)[nH]c1ccc(Br)cc12)Nc1nc2ccccc2s1. The van der Waals surface area contributed by atoms with Gasteiger partial charge in [0.25, 0.3) is 0 Å². The number of nitrogens with one attached hydrogen (secondary N) is 2. The van der Waals surface area contributed by atoms with E-state index < -0.39 is 0 Å². The van der Waals surface area contributed by atoms with E-state index in [9.17, 15) is 4.79 Å². The first kappa shape index (κ1) is 17.5. The molecule has 5 rings (SSSR count). The lowest BCUT2D eigenvalue weighted by Gasteiger charge is -2.00. The number of carbonyl (C=O) groups excluding carboxylic acids is 1. The van der Waals surface area contributed by atoms with Crippen LogP contribution in [-0.2, 0) is 4.79 Å². The quantitative estimate of drug-likeness (QED) is 0.372. The van der Waals surface area contributed by atoms with E-state index in [1.165, 1.54) is 23.1 Å². The molecule has 0 saturated carbocycles. The third-order valence-corrected chi connectivity index (χ3v) is 6.31. The number of aromatic amines is 1. The highest BCUT2D eigenvalue weighted by atomic mass is 79.9. The molecule has 0 aliphatic carbocycles. The first-order valence-electron chi connectivity index (χ1n) is 8.25. The van der Waals surface area contributed by atoms with Crippen molar-refractivity contribution < 1.29 is 4.79 Å². The van der Waals surface area contributed by atoms with Crippen LogP contribution in [0, 0.1) is 0 Å². The van der Waals surface area contributed by atoms with Crippen molar-refractivity contribution in [3.63, 3.8) is 0 Å². The smallest absolute Gasteiger partial charge is 0.236 e. The summed E-state index contributed by atoms with van der Waals surface area (Å²) in [6.45, 7) is 0. The third-order valence-electron chi connectivity index (χ3n) is 4.03. The molecule has 2 aromatic carbocycles. The second-order valence-electron chi connectivity index (χ2n) is 5.93. The number of thiazole rings is 1. The molecule has 138 valence electrons. The Morgan fingerprint density at radius 3 is 2.96 bits per heavy atom. The Bertz CT molecular complexity index is 1320. The zero-order chi connectivity index (χ0) is 19.1. The zero-order valence-corrected chi connectivity index (χ0v) is 17.4. The lowest BCUT2D eigenvalue weighted by Crippen LogP contribution is -2.14. The fourth-order valence-electron chi connectivity index (χ4n) is 2.80. The maximum atomic E-state index is 12.3. The van der Waals surface area contributed by atoms with Gasteiger partial charge in [0.15, 0.2) is 10.8 Å². The largest absolute Gasteiger partial charge is 0.338 e. The number of carbonyl (C=O) groups is 1. The predicted molar refractivity (Wildman–Crippen MR) is 116 cm³/mol. The van der Waals surface area contributed by atoms with E-state index >= 15 is 0 Å². The van der Waals surface area contributed by atoms with Crippen molar-refractivity contribution in [2.75, 3.05) is 11.1 Å². The van der Waals surface area contributed by atoms with E-state index in [1.54, 1.807) is 0 Å². The molecule has 5 aromatic rings. The number of hydrogen-bond donors (Lipinski definition) is 2. The molecule has 0 aliphatic heterocycles. The van der Waals surface area contributed by atoms with Gasteiger partial charge < -0.3 is 10.3 Å². The summed E-state index contributed by atoms with van der Waals surface area (Å²) in [6, 6.07) is 13.7. The van der Waals surface area contributed by atoms with Crippen LogP contribution in [0.2, 0.25) is 0 Å². The number of H-pyrrole nitrogens is 1. The van der Waals surface area contributed by atoms with Gasteiger partial charge in [-0.3, -0.25) is 4.79 Å². The molecular weight excluding hydrogens is 460 g/mol. The van der Waals surface area contributed by atoms with Crippen molar-refractivity contribution in [3.8, 4) is 0 Å². The number of rotatable bonds is 4. The average molecular weight is 471 g/mol. The number of anilines is 1. The summed E-state index contributed by atoms with van der Waals surface area (Å²) in [6.07, 6.45) is 0. The molecule has 0 radical (unpaired) electrons.